The number of halogens is 1. The number of ether oxygens (including phenoxy) is 1. The fourth-order valence-electron chi connectivity index (χ4n) is 1.66. The van der Waals surface area contributed by atoms with Crippen LogP contribution in [0.2, 0.25) is 19.6 Å². The Kier molecular flexibility index (Phi) is 4.97. The number of rotatable bonds is 3. The van der Waals surface area contributed by atoms with Gasteiger partial charge in [-0.3, -0.25) is 0 Å². The summed E-state index contributed by atoms with van der Waals surface area (Å²) in [5, 5.41) is 0. The molecule has 0 aliphatic heterocycles. The Labute approximate surface area is 121 Å². The van der Waals surface area contributed by atoms with Crippen LogP contribution in [0.25, 0.3) is 0 Å². The molecule has 5 heteroatoms. The molecule has 0 spiro atoms. The van der Waals surface area contributed by atoms with Crippen molar-refractivity contribution >= 4 is 14.3 Å². The Morgan fingerprint density at radius 3 is 2.10 bits per heavy atom. The zero-order valence-corrected chi connectivity index (χ0v) is 14.2. The van der Waals surface area contributed by atoms with E-state index >= 15 is 0 Å². The van der Waals surface area contributed by atoms with Crippen molar-refractivity contribution in [2.45, 2.75) is 52.6 Å². The Morgan fingerprint density at radius 1 is 1.20 bits per heavy atom. The van der Waals surface area contributed by atoms with Crippen LogP contribution in [0.4, 0.5) is 9.18 Å². The van der Waals surface area contributed by atoms with Gasteiger partial charge in [-0.15, -0.1) is 0 Å². The van der Waals surface area contributed by atoms with Gasteiger partial charge in [-0.1, -0.05) is 31.8 Å². The van der Waals surface area contributed by atoms with E-state index in [1.807, 2.05) is 20.8 Å². The fourth-order valence-corrected chi connectivity index (χ4v) is 2.92. The summed E-state index contributed by atoms with van der Waals surface area (Å²) in [4.78, 5) is 12.3. The van der Waals surface area contributed by atoms with Crippen LogP contribution in [0, 0.1) is 5.82 Å². The first kappa shape index (κ1) is 16.7. The summed E-state index contributed by atoms with van der Waals surface area (Å²) < 4.78 is 20.2. The topological polar surface area (TPSA) is 29.5 Å². The number of benzene rings is 1. The van der Waals surface area contributed by atoms with Crippen LogP contribution in [0.15, 0.2) is 24.3 Å². The Bertz CT molecular complexity index is 460. The Morgan fingerprint density at radius 2 is 1.70 bits per heavy atom. The molecule has 0 aromatic heterocycles. The third-order valence-electron chi connectivity index (χ3n) is 2.68. The molecule has 0 aliphatic rings. The molecule has 0 N–H and O–H groups in total. The number of nitrogens with zero attached hydrogens (tertiary/aromatic N) is 1. The van der Waals surface area contributed by atoms with E-state index in [9.17, 15) is 9.18 Å². The van der Waals surface area contributed by atoms with Crippen molar-refractivity contribution in [2.24, 2.45) is 0 Å². The molecular formula is C15H24FNO2Si. The van der Waals surface area contributed by atoms with E-state index in [4.69, 9.17) is 4.74 Å². The molecule has 0 fully saturated rings. The lowest BCUT2D eigenvalue weighted by Crippen LogP contribution is -2.50. The normalized spacial score (nSPS) is 12.2. The van der Waals surface area contributed by atoms with Gasteiger partial charge in [-0.2, -0.15) is 0 Å². The van der Waals surface area contributed by atoms with Crippen molar-refractivity contribution < 1.29 is 13.9 Å². The predicted molar refractivity (Wildman–Crippen MR) is 81.5 cm³/mol. The van der Waals surface area contributed by atoms with Crippen molar-refractivity contribution in [3.63, 3.8) is 0 Å². The quantitative estimate of drug-likeness (QED) is 0.774. The Balaban J connectivity index is 2.91. The number of carbonyl (C=O) groups is 1. The van der Waals surface area contributed by atoms with E-state index in [0.717, 1.165) is 5.56 Å². The second kappa shape index (κ2) is 5.95. The lowest BCUT2D eigenvalue weighted by molar-refractivity contribution is 0.0365. The summed E-state index contributed by atoms with van der Waals surface area (Å²) in [7, 11) is -1.88. The minimum Gasteiger partial charge on any atom is -0.444 e. The largest absolute Gasteiger partial charge is 0.444 e. The van der Waals surface area contributed by atoms with Gasteiger partial charge in [0, 0.05) is 6.54 Å². The van der Waals surface area contributed by atoms with Crippen LogP contribution in [0.1, 0.15) is 26.3 Å². The lowest BCUT2D eigenvalue weighted by Gasteiger charge is -2.35. The highest BCUT2D eigenvalue weighted by atomic mass is 28.3. The maximum absolute atomic E-state index is 12.9. The highest BCUT2D eigenvalue weighted by molar-refractivity contribution is 6.75. The number of carbonyl (C=O) groups excluding carboxylic acids is 1. The van der Waals surface area contributed by atoms with E-state index in [0.29, 0.717) is 6.54 Å². The van der Waals surface area contributed by atoms with Crippen molar-refractivity contribution in [3.05, 3.63) is 35.6 Å². The monoisotopic (exact) mass is 297 g/mol. The molecule has 1 rings (SSSR count). The standard InChI is InChI=1S/C15H24FNO2Si/c1-15(2,3)19-14(18)17(20(4,5)6)11-12-7-9-13(16)10-8-12/h7-10H,11H2,1-6H3. The molecule has 3 nitrogen and oxygen atoms in total. The van der Waals surface area contributed by atoms with Crippen molar-refractivity contribution in [1.82, 2.24) is 4.57 Å². The number of amides is 1. The molecule has 1 amide bonds. The maximum atomic E-state index is 12.9. The van der Waals surface area contributed by atoms with Crippen LogP contribution < -0.4 is 0 Å². The maximum Gasteiger partial charge on any atom is 0.402 e. The Hall–Kier alpha value is -1.36. The lowest BCUT2D eigenvalue weighted by atomic mass is 10.2. The molecule has 1 aromatic carbocycles. The summed E-state index contributed by atoms with van der Waals surface area (Å²) in [6.07, 6.45) is -0.305. The van der Waals surface area contributed by atoms with E-state index < -0.39 is 13.8 Å². The van der Waals surface area contributed by atoms with E-state index in [-0.39, 0.29) is 11.9 Å². The molecule has 0 saturated heterocycles. The van der Waals surface area contributed by atoms with Gasteiger partial charge in [0.05, 0.1) is 0 Å². The molecule has 0 unspecified atom stereocenters. The molecule has 0 heterocycles. The molecule has 0 bridgehead atoms. The molecule has 20 heavy (non-hydrogen) atoms. The van der Waals surface area contributed by atoms with Gasteiger partial charge >= 0.3 is 6.09 Å². The van der Waals surface area contributed by atoms with Gasteiger partial charge in [0.25, 0.3) is 0 Å². The minimum absolute atomic E-state index is 0.273. The highest BCUT2D eigenvalue weighted by Gasteiger charge is 2.32. The second-order valence-electron chi connectivity index (χ2n) is 6.86. The molecule has 0 atom stereocenters. The van der Waals surface area contributed by atoms with Crippen molar-refractivity contribution in [3.8, 4) is 0 Å². The first-order chi connectivity index (χ1) is 8.99. The predicted octanol–water partition coefficient (Wildman–Crippen LogP) is 4.40. The average Bonchev–Trinajstić information content (AvgIpc) is 2.24. The molecule has 0 aliphatic carbocycles. The zero-order chi connectivity index (χ0) is 15.6. The van der Waals surface area contributed by atoms with Crippen LogP contribution in [0.5, 0.6) is 0 Å². The number of hydrogen-bond acceptors (Lipinski definition) is 2. The van der Waals surface area contributed by atoms with Gasteiger partial charge in [-0.05, 0) is 38.5 Å². The third-order valence-corrected chi connectivity index (χ3v) is 4.64. The fraction of sp³-hybridized carbons (Fsp3) is 0.533. The molecule has 112 valence electrons. The molecule has 1 aromatic rings. The number of hydrogen-bond donors (Lipinski definition) is 0. The summed E-state index contributed by atoms with van der Waals surface area (Å²) in [6.45, 7) is 12.3. The summed E-state index contributed by atoms with van der Waals surface area (Å²) in [6, 6.07) is 6.22. The van der Waals surface area contributed by atoms with E-state index in [1.54, 1.807) is 16.7 Å². The average molecular weight is 297 g/mol. The summed E-state index contributed by atoms with van der Waals surface area (Å²) in [5.41, 5.74) is 0.386. The molecule has 0 radical (unpaired) electrons. The van der Waals surface area contributed by atoms with Crippen LogP contribution in [-0.2, 0) is 11.3 Å². The molecule has 0 saturated carbocycles. The highest BCUT2D eigenvalue weighted by Crippen LogP contribution is 2.19. The van der Waals surface area contributed by atoms with Gasteiger partial charge in [0.1, 0.15) is 11.4 Å². The van der Waals surface area contributed by atoms with Crippen LogP contribution in [0.3, 0.4) is 0 Å². The van der Waals surface area contributed by atoms with E-state index in [1.165, 1.54) is 12.1 Å². The van der Waals surface area contributed by atoms with Crippen LogP contribution in [-0.4, -0.2) is 24.5 Å². The summed E-state index contributed by atoms with van der Waals surface area (Å²) >= 11 is 0. The minimum atomic E-state index is -1.88. The summed E-state index contributed by atoms with van der Waals surface area (Å²) in [5.74, 6) is -0.273. The van der Waals surface area contributed by atoms with Gasteiger partial charge < -0.3 is 9.30 Å². The molecular weight excluding hydrogens is 273 g/mol. The smallest absolute Gasteiger partial charge is 0.402 e. The van der Waals surface area contributed by atoms with Crippen molar-refractivity contribution in [2.75, 3.05) is 0 Å². The van der Waals surface area contributed by atoms with Gasteiger partial charge in [0.15, 0.2) is 8.24 Å². The second-order valence-corrected chi connectivity index (χ2v) is 11.7. The first-order valence-electron chi connectivity index (χ1n) is 6.74. The third kappa shape index (κ3) is 5.33. The van der Waals surface area contributed by atoms with Crippen molar-refractivity contribution in [1.29, 1.82) is 0 Å². The first-order valence-corrected chi connectivity index (χ1v) is 10.2. The SMILES string of the molecule is CC(C)(C)OC(=O)N(Cc1ccc(F)cc1)[Si](C)(C)C. The zero-order valence-electron chi connectivity index (χ0n) is 13.2. The van der Waals surface area contributed by atoms with Gasteiger partial charge in [0.2, 0.25) is 0 Å². The van der Waals surface area contributed by atoms with E-state index in [2.05, 4.69) is 19.6 Å². The van der Waals surface area contributed by atoms with Gasteiger partial charge in [-0.25, -0.2) is 9.18 Å². The van der Waals surface area contributed by atoms with Crippen LogP contribution >= 0.6 is 0 Å².